The second kappa shape index (κ2) is 9.38. The molecule has 0 aliphatic rings. The summed E-state index contributed by atoms with van der Waals surface area (Å²) < 4.78 is 53.9. The fourth-order valence-electron chi connectivity index (χ4n) is 3.41. The zero-order valence-corrected chi connectivity index (χ0v) is 18.6. The lowest BCUT2D eigenvalue weighted by molar-refractivity contribution is -0.274. The number of nitrogens with one attached hydrogen (secondary N) is 2. The Morgan fingerprint density at radius 3 is 2.53 bits per heavy atom. The Balaban J connectivity index is 1.50. The van der Waals surface area contributed by atoms with E-state index in [1.165, 1.54) is 18.2 Å². The molecular weight excluding hydrogens is 451 g/mol. The van der Waals surface area contributed by atoms with Crippen LogP contribution in [-0.4, -0.2) is 35.1 Å². The van der Waals surface area contributed by atoms with Gasteiger partial charge in [0, 0.05) is 31.4 Å². The molecule has 2 heterocycles. The SMILES string of the molecule is COc1ccc(CNc2nc3cnc(Nc4cccc(OC(F)(F)F)c4)cc3n2C)cc1OC. The summed E-state index contributed by atoms with van der Waals surface area (Å²) in [4.78, 5) is 8.88. The first-order valence-electron chi connectivity index (χ1n) is 10.2. The van der Waals surface area contributed by atoms with Crippen molar-refractivity contribution in [2.24, 2.45) is 7.05 Å². The zero-order chi connectivity index (χ0) is 24.3. The average molecular weight is 473 g/mol. The largest absolute Gasteiger partial charge is 0.573 e. The Kier molecular flexibility index (Phi) is 6.35. The predicted octanol–water partition coefficient (Wildman–Crippen LogP) is 5.24. The van der Waals surface area contributed by atoms with Gasteiger partial charge in [0.1, 0.15) is 17.1 Å². The van der Waals surface area contributed by atoms with Crippen molar-refractivity contribution in [3.8, 4) is 17.2 Å². The molecule has 0 amide bonds. The third-order valence-electron chi connectivity index (χ3n) is 5.01. The van der Waals surface area contributed by atoms with Gasteiger partial charge in [0.15, 0.2) is 11.5 Å². The Hall–Kier alpha value is -4.15. The number of benzene rings is 2. The maximum absolute atomic E-state index is 12.5. The molecule has 2 N–H and O–H groups in total. The predicted molar refractivity (Wildman–Crippen MR) is 122 cm³/mol. The Bertz CT molecular complexity index is 1310. The lowest BCUT2D eigenvalue weighted by atomic mass is 10.2. The third kappa shape index (κ3) is 5.25. The molecular formula is C23H22F3N5O3. The molecule has 8 nitrogen and oxygen atoms in total. The van der Waals surface area contributed by atoms with Gasteiger partial charge in [-0.2, -0.15) is 0 Å². The third-order valence-corrected chi connectivity index (χ3v) is 5.01. The summed E-state index contributed by atoms with van der Waals surface area (Å²) in [6.45, 7) is 0.502. The first kappa shape index (κ1) is 23.0. The van der Waals surface area contributed by atoms with E-state index in [1.807, 2.05) is 29.8 Å². The van der Waals surface area contributed by atoms with Crippen molar-refractivity contribution in [2.45, 2.75) is 12.9 Å². The van der Waals surface area contributed by atoms with Crippen molar-refractivity contribution in [3.63, 3.8) is 0 Å². The summed E-state index contributed by atoms with van der Waals surface area (Å²) in [6, 6.07) is 13.0. The van der Waals surface area contributed by atoms with E-state index in [0.29, 0.717) is 41.0 Å². The number of nitrogens with zero attached hydrogens (tertiary/aromatic N) is 3. The molecule has 0 atom stereocenters. The van der Waals surface area contributed by atoms with Crippen molar-refractivity contribution in [1.82, 2.24) is 14.5 Å². The van der Waals surface area contributed by atoms with Crippen LogP contribution in [-0.2, 0) is 13.6 Å². The highest BCUT2D eigenvalue weighted by atomic mass is 19.4. The minimum Gasteiger partial charge on any atom is -0.493 e. The Labute approximate surface area is 193 Å². The van der Waals surface area contributed by atoms with Crippen LogP contribution in [0.3, 0.4) is 0 Å². The van der Waals surface area contributed by atoms with Crippen LogP contribution < -0.4 is 24.8 Å². The van der Waals surface area contributed by atoms with Gasteiger partial charge in [-0.3, -0.25) is 0 Å². The molecule has 0 radical (unpaired) electrons. The van der Waals surface area contributed by atoms with E-state index in [4.69, 9.17) is 9.47 Å². The van der Waals surface area contributed by atoms with Crippen LogP contribution in [0.5, 0.6) is 17.2 Å². The molecule has 4 rings (SSSR count). The van der Waals surface area contributed by atoms with E-state index in [-0.39, 0.29) is 5.75 Å². The van der Waals surface area contributed by atoms with Crippen molar-refractivity contribution in [2.75, 3.05) is 24.9 Å². The quantitative estimate of drug-likeness (QED) is 0.362. The molecule has 34 heavy (non-hydrogen) atoms. The average Bonchev–Trinajstić information content (AvgIpc) is 3.11. The number of pyridine rings is 1. The van der Waals surface area contributed by atoms with Gasteiger partial charge >= 0.3 is 6.36 Å². The van der Waals surface area contributed by atoms with Crippen LogP contribution in [0.15, 0.2) is 54.7 Å². The van der Waals surface area contributed by atoms with E-state index in [9.17, 15) is 13.2 Å². The van der Waals surface area contributed by atoms with Gasteiger partial charge in [-0.15, -0.1) is 13.2 Å². The highest BCUT2D eigenvalue weighted by Crippen LogP contribution is 2.29. The Morgan fingerprint density at radius 2 is 1.79 bits per heavy atom. The van der Waals surface area contributed by atoms with Crippen LogP contribution in [0.25, 0.3) is 11.0 Å². The summed E-state index contributed by atoms with van der Waals surface area (Å²) in [5.74, 6) is 2.04. The van der Waals surface area contributed by atoms with Crippen molar-refractivity contribution in [3.05, 3.63) is 60.3 Å². The normalized spacial score (nSPS) is 11.4. The zero-order valence-electron chi connectivity index (χ0n) is 18.6. The Morgan fingerprint density at radius 1 is 1.00 bits per heavy atom. The van der Waals surface area contributed by atoms with E-state index in [1.54, 1.807) is 32.5 Å². The summed E-state index contributed by atoms with van der Waals surface area (Å²) in [7, 11) is 5.02. The molecule has 0 saturated carbocycles. The van der Waals surface area contributed by atoms with E-state index in [0.717, 1.165) is 11.1 Å². The molecule has 2 aromatic heterocycles. The standard InChI is InChI=1S/C23H22F3N5O3/c1-31-18-11-21(29-15-5-4-6-16(10-15)34-23(24,25)26)27-13-17(18)30-22(31)28-12-14-7-8-19(32-2)20(9-14)33-3/h4-11,13H,12H2,1-3H3,(H,27,29)(H,28,30). The highest BCUT2D eigenvalue weighted by molar-refractivity contribution is 5.81. The molecule has 0 saturated heterocycles. The molecule has 11 heteroatoms. The first-order valence-corrected chi connectivity index (χ1v) is 10.2. The fraction of sp³-hybridized carbons (Fsp3) is 0.217. The van der Waals surface area contributed by atoms with E-state index >= 15 is 0 Å². The smallest absolute Gasteiger partial charge is 0.493 e. The van der Waals surface area contributed by atoms with Gasteiger partial charge in [0.05, 0.1) is 25.9 Å². The molecule has 0 fully saturated rings. The number of fused-ring (bicyclic) bond motifs is 1. The van der Waals surface area contributed by atoms with Gasteiger partial charge in [-0.1, -0.05) is 12.1 Å². The number of methoxy groups -OCH3 is 2. The number of imidazole rings is 1. The fourth-order valence-corrected chi connectivity index (χ4v) is 3.41. The number of rotatable bonds is 8. The molecule has 0 aliphatic heterocycles. The van der Waals surface area contributed by atoms with Gasteiger partial charge < -0.3 is 29.4 Å². The van der Waals surface area contributed by atoms with Crippen LogP contribution in [0.4, 0.5) is 30.6 Å². The van der Waals surface area contributed by atoms with Crippen LogP contribution >= 0.6 is 0 Å². The van der Waals surface area contributed by atoms with Crippen LogP contribution in [0.2, 0.25) is 0 Å². The topological polar surface area (TPSA) is 82.5 Å². The number of alkyl halides is 3. The molecule has 0 aliphatic carbocycles. The number of hydrogen-bond donors (Lipinski definition) is 2. The molecule has 0 spiro atoms. The number of ether oxygens (including phenoxy) is 3. The van der Waals surface area contributed by atoms with Gasteiger partial charge in [0.2, 0.25) is 5.95 Å². The van der Waals surface area contributed by atoms with Crippen molar-refractivity contribution < 1.29 is 27.4 Å². The van der Waals surface area contributed by atoms with Crippen molar-refractivity contribution in [1.29, 1.82) is 0 Å². The summed E-state index contributed by atoms with van der Waals surface area (Å²) in [5, 5.41) is 6.28. The van der Waals surface area contributed by atoms with Crippen LogP contribution in [0, 0.1) is 0 Å². The summed E-state index contributed by atoms with van der Waals surface area (Å²) >= 11 is 0. The highest BCUT2D eigenvalue weighted by Gasteiger charge is 2.31. The van der Waals surface area contributed by atoms with Crippen molar-refractivity contribution >= 4 is 28.5 Å². The molecule has 2 aromatic carbocycles. The van der Waals surface area contributed by atoms with Crippen LogP contribution in [0.1, 0.15) is 5.56 Å². The number of aryl methyl sites for hydroxylation is 1. The maximum Gasteiger partial charge on any atom is 0.573 e. The maximum atomic E-state index is 12.5. The first-order chi connectivity index (χ1) is 16.3. The number of halogens is 3. The van der Waals surface area contributed by atoms with Gasteiger partial charge in [-0.25, -0.2) is 9.97 Å². The lowest BCUT2D eigenvalue weighted by Crippen LogP contribution is -2.17. The number of anilines is 3. The second-order valence-electron chi connectivity index (χ2n) is 7.30. The lowest BCUT2D eigenvalue weighted by Gasteiger charge is -2.11. The molecule has 0 bridgehead atoms. The molecule has 4 aromatic rings. The second-order valence-corrected chi connectivity index (χ2v) is 7.30. The number of aromatic nitrogens is 3. The minimum absolute atomic E-state index is 0.319. The number of hydrogen-bond acceptors (Lipinski definition) is 7. The van der Waals surface area contributed by atoms with E-state index < -0.39 is 6.36 Å². The van der Waals surface area contributed by atoms with Gasteiger partial charge in [-0.05, 0) is 29.8 Å². The molecule has 0 unspecified atom stereocenters. The van der Waals surface area contributed by atoms with E-state index in [2.05, 4.69) is 25.3 Å². The van der Waals surface area contributed by atoms with Gasteiger partial charge in [0.25, 0.3) is 0 Å². The monoisotopic (exact) mass is 473 g/mol. The minimum atomic E-state index is -4.76. The molecule has 178 valence electrons. The summed E-state index contributed by atoms with van der Waals surface area (Å²) in [5.41, 5.74) is 2.83. The summed E-state index contributed by atoms with van der Waals surface area (Å²) in [6.07, 6.45) is -3.17.